The van der Waals surface area contributed by atoms with Crippen LogP contribution in [0.2, 0.25) is 5.02 Å². The molecule has 0 aliphatic heterocycles. The summed E-state index contributed by atoms with van der Waals surface area (Å²) in [5.41, 5.74) is 3.84. The number of hydrogen-bond donors (Lipinski definition) is 1. The summed E-state index contributed by atoms with van der Waals surface area (Å²) in [5, 5.41) is 3.56. The van der Waals surface area contributed by atoms with Crippen molar-refractivity contribution in [2.45, 2.75) is 52.7 Å². The molecule has 0 spiro atoms. The molecule has 1 N–H and O–H groups in total. The predicted molar refractivity (Wildman–Crippen MR) is 148 cm³/mol. The average molecular weight is 572 g/mol. The molecule has 1 atom stereocenters. The van der Waals surface area contributed by atoms with Crippen molar-refractivity contribution < 1.29 is 14.3 Å². The van der Waals surface area contributed by atoms with Gasteiger partial charge in [0, 0.05) is 28.5 Å². The molecule has 2 amide bonds. The monoisotopic (exact) mass is 570 g/mol. The molecule has 0 bridgehead atoms. The van der Waals surface area contributed by atoms with E-state index in [0.29, 0.717) is 17.2 Å². The van der Waals surface area contributed by atoms with Gasteiger partial charge in [-0.25, -0.2) is 0 Å². The van der Waals surface area contributed by atoms with Crippen molar-refractivity contribution in [3.63, 3.8) is 0 Å². The molecule has 1 unspecified atom stereocenters. The lowest BCUT2D eigenvalue weighted by molar-refractivity contribution is -0.143. The number of halogens is 2. The number of hydrogen-bond acceptors (Lipinski definition) is 3. The molecule has 3 aromatic carbocycles. The molecule has 0 saturated carbocycles. The molecule has 5 nitrogen and oxygen atoms in total. The summed E-state index contributed by atoms with van der Waals surface area (Å²) in [7, 11) is 0. The zero-order valence-corrected chi connectivity index (χ0v) is 23.4. The van der Waals surface area contributed by atoms with Gasteiger partial charge in [-0.2, -0.15) is 0 Å². The maximum absolute atomic E-state index is 13.6. The van der Waals surface area contributed by atoms with Crippen molar-refractivity contribution in [1.29, 1.82) is 0 Å². The fourth-order valence-corrected chi connectivity index (χ4v) is 4.43. The molecular formula is C29H32BrClN2O3. The molecule has 0 fully saturated rings. The Morgan fingerprint density at radius 1 is 0.972 bits per heavy atom. The van der Waals surface area contributed by atoms with Crippen LogP contribution in [-0.4, -0.2) is 35.4 Å². The Labute approximate surface area is 226 Å². The number of benzene rings is 3. The molecule has 0 aromatic heterocycles. The zero-order chi connectivity index (χ0) is 26.2. The van der Waals surface area contributed by atoms with E-state index < -0.39 is 6.04 Å². The highest BCUT2D eigenvalue weighted by Crippen LogP contribution is 2.26. The standard InChI is InChI=1S/C29H32BrClN2O3/c1-19(2)32-29(35)26(16-22-9-6-5-7-10-22)33(17-23-11-8-12-24(31)15-23)27(34)18-36-25-13-20(3)28(30)21(4)14-25/h5-15,19,26H,16-18H2,1-4H3,(H,32,35). The lowest BCUT2D eigenvalue weighted by Gasteiger charge is -2.32. The van der Waals surface area contributed by atoms with Crippen LogP contribution >= 0.6 is 27.5 Å². The quantitative estimate of drug-likeness (QED) is 0.312. The molecule has 0 heterocycles. The molecule has 0 aliphatic carbocycles. The van der Waals surface area contributed by atoms with Gasteiger partial charge in [0.2, 0.25) is 5.91 Å². The van der Waals surface area contributed by atoms with Gasteiger partial charge in [0.15, 0.2) is 6.61 Å². The second-order valence-electron chi connectivity index (χ2n) is 9.18. The topological polar surface area (TPSA) is 58.6 Å². The number of rotatable bonds is 10. The number of amides is 2. The van der Waals surface area contributed by atoms with Gasteiger partial charge in [0.1, 0.15) is 11.8 Å². The van der Waals surface area contributed by atoms with Crippen molar-refractivity contribution in [3.8, 4) is 5.75 Å². The minimum atomic E-state index is -0.724. The fraction of sp³-hybridized carbons (Fsp3) is 0.310. The Morgan fingerprint density at radius 3 is 2.22 bits per heavy atom. The number of carbonyl (C=O) groups excluding carboxylic acids is 2. The van der Waals surface area contributed by atoms with Gasteiger partial charge in [-0.1, -0.05) is 70.0 Å². The molecule has 7 heteroatoms. The van der Waals surface area contributed by atoms with E-state index in [0.717, 1.165) is 26.7 Å². The first-order chi connectivity index (χ1) is 17.1. The van der Waals surface area contributed by atoms with Gasteiger partial charge in [-0.3, -0.25) is 9.59 Å². The summed E-state index contributed by atoms with van der Waals surface area (Å²) in [6.45, 7) is 7.79. The average Bonchev–Trinajstić information content (AvgIpc) is 2.83. The second kappa shape index (κ2) is 12.9. The van der Waals surface area contributed by atoms with Crippen molar-refractivity contribution in [2.24, 2.45) is 0 Å². The van der Waals surface area contributed by atoms with Crippen LogP contribution in [-0.2, 0) is 22.6 Å². The summed E-state index contributed by atoms with van der Waals surface area (Å²) in [6, 6.07) is 20.0. The molecule has 190 valence electrons. The maximum Gasteiger partial charge on any atom is 0.261 e. The van der Waals surface area contributed by atoms with E-state index in [9.17, 15) is 9.59 Å². The Hall–Kier alpha value is -2.83. The van der Waals surface area contributed by atoms with E-state index in [4.69, 9.17) is 16.3 Å². The van der Waals surface area contributed by atoms with Gasteiger partial charge < -0.3 is 15.0 Å². The van der Waals surface area contributed by atoms with E-state index in [2.05, 4.69) is 21.2 Å². The predicted octanol–water partition coefficient (Wildman–Crippen LogP) is 6.26. The summed E-state index contributed by atoms with van der Waals surface area (Å²) < 4.78 is 6.93. The van der Waals surface area contributed by atoms with Crippen LogP contribution < -0.4 is 10.1 Å². The van der Waals surface area contributed by atoms with Crippen LogP contribution in [0.4, 0.5) is 0 Å². The highest BCUT2D eigenvalue weighted by Gasteiger charge is 2.31. The van der Waals surface area contributed by atoms with Crippen molar-refractivity contribution >= 4 is 39.3 Å². The van der Waals surface area contributed by atoms with Crippen molar-refractivity contribution in [2.75, 3.05) is 6.61 Å². The van der Waals surface area contributed by atoms with Crippen LogP contribution in [0.3, 0.4) is 0 Å². The van der Waals surface area contributed by atoms with Gasteiger partial charge >= 0.3 is 0 Å². The van der Waals surface area contributed by atoms with E-state index in [-0.39, 0.29) is 31.0 Å². The largest absolute Gasteiger partial charge is 0.484 e. The molecule has 0 saturated heterocycles. The lowest BCUT2D eigenvalue weighted by Crippen LogP contribution is -2.52. The van der Waals surface area contributed by atoms with E-state index in [1.807, 2.05) is 88.4 Å². The number of nitrogens with zero attached hydrogens (tertiary/aromatic N) is 1. The first kappa shape index (κ1) is 27.8. The Morgan fingerprint density at radius 2 is 1.61 bits per heavy atom. The Bertz CT molecular complexity index is 1180. The minimum absolute atomic E-state index is 0.0659. The number of aryl methyl sites for hydroxylation is 2. The molecular weight excluding hydrogens is 540 g/mol. The first-order valence-corrected chi connectivity index (χ1v) is 13.1. The molecule has 3 rings (SSSR count). The third-order valence-electron chi connectivity index (χ3n) is 5.72. The van der Waals surface area contributed by atoms with Gasteiger partial charge in [-0.15, -0.1) is 0 Å². The fourth-order valence-electron chi connectivity index (χ4n) is 3.98. The van der Waals surface area contributed by atoms with Crippen LogP contribution in [0.25, 0.3) is 0 Å². The van der Waals surface area contributed by atoms with Gasteiger partial charge in [0.05, 0.1) is 0 Å². The number of ether oxygens (including phenoxy) is 1. The van der Waals surface area contributed by atoms with Crippen molar-refractivity contribution in [1.82, 2.24) is 10.2 Å². The Kier molecular flexibility index (Phi) is 9.97. The Balaban J connectivity index is 1.92. The smallest absolute Gasteiger partial charge is 0.261 e. The SMILES string of the molecule is Cc1cc(OCC(=O)N(Cc2cccc(Cl)c2)C(Cc2ccccc2)C(=O)NC(C)C)cc(C)c1Br. The number of carbonyl (C=O) groups is 2. The number of nitrogens with one attached hydrogen (secondary N) is 1. The minimum Gasteiger partial charge on any atom is -0.484 e. The lowest BCUT2D eigenvalue weighted by atomic mass is 10.0. The second-order valence-corrected chi connectivity index (χ2v) is 10.4. The molecule has 36 heavy (non-hydrogen) atoms. The van der Waals surface area contributed by atoms with Crippen LogP contribution in [0.1, 0.15) is 36.1 Å². The molecule has 3 aromatic rings. The van der Waals surface area contributed by atoms with E-state index >= 15 is 0 Å². The maximum atomic E-state index is 13.6. The summed E-state index contributed by atoms with van der Waals surface area (Å²) in [5.74, 6) is 0.114. The third kappa shape index (κ3) is 7.84. The third-order valence-corrected chi connectivity index (χ3v) is 7.20. The van der Waals surface area contributed by atoms with Gasteiger partial charge in [0.25, 0.3) is 5.91 Å². The summed E-state index contributed by atoms with van der Waals surface area (Å²) >= 11 is 9.78. The van der Waals surface area contributed by atoms with Crippen LogP contribution in [0, 0.1) is 13.8 Å². The van der Waals surface area contributed by atoms with Crippen molar-refractivity contribution in [3.05, 3.63) is 98.5 Å². The first-order valence-electron chi connectivity index (χ1n) is 11.9. The highest BCUT2D eigenvalue weighted by molar-refractivity contribution is 9.10. The highest BCUT2D eigenvalue weighted by atomic mass is 79.9. The van der Waals surface area contributed by atoms with Crippen LogP contribution in [0.15, 0.2) is 71.2 Å². The van der Waals surface area contributed by atoms with Gasteiger partial charge in [-0.05, 0) is 74.2 Å². The summed E-state index contributed by atoms with van der Waals surface area (Å²) in [6.07, 6.45) is 0.377. The molecule has 0 aliphatic rings. The molecule has 0 radical (unpaired) electrons. The van der Waals surface area contributed by atoms with E-state index in [1.54, 1.807) is 11.0 Å². The zero-order valence-electron chi connectivity index (χ0n) is 21.1. The van der Waals surface area contributed by atoms with E-state index in [1.165, 1.54) is 0 Å². The normalized spacial score (nSPS) is 11.8. The summed E-state index contributed by atoms with van der Waals surface area (Å²) in [4.78, 5) is 28.6. The van der Waals surface area contributed by atoms with Crippen LogP contribution in [0.5, 0.6) is 5.75 Å².